The molecule has 2 heterocycles. The Morgan fingerprint density at radius 3 is 2.54 bits per heavy atom. The number of fused-ring (bicyclic) bond motifs is 3. The number of hydrogen-bond acceptors (Lipinski definition) is 1. The highest BCUT2D eigenvalue weighted by Crippen LogP contribution is 2.32. The van der Waals surface area contributed by atoms with Crippen LogP contribution in [0.1, 0.15) is 49.4 Å². The van der Waals surface area contributed by atoms with Gasteiger partial charge < -0.3 is 9.47 Å². The van der Waals surface area contributed by atoms with Crippen LogP contribution in [0, 0.1) is 0 Å². The van der Waals surface area contributed by atoms with Gasteiger partial charge in [-0.05, 0) is 24.1 Å². The molecular formula is C24H28N2. The van der Waals surface area contributed by atoms with E-state index in [1.807, 2.05) is 0 Å². The monoisotopic (exact) mass is 344 g/mol. The lowest BCUT2D eigenvalue weighted by molar-refractivity contribution is 0.347. The van der Waals surface area contributed by atoms with Gasteiger partial charge in [0, 0.05) is 41.4 Å². The Bertz CT molecular complexity index is 889. The molecule has 2 heteroatoms. The van der Waals surface area contributed by atoms with Gasteiger partial charge in [0.15, 0.2) is 0 Å². The van der Waals surface area contributed by atoms with Crippen molar-refractivity contribution < 1.29 is 0 Å². The second-order valence-electron chi connectivity index (χ2n) is 7.30. The van der Waals surface area contributed by atoms with E-state index >= 15 is 0 Å². The second kappa shape index (κ2) is 7.82. The highest BCUT2D eigenvalue weighted by molar-refractivity contribution is 5.91. The maximum absolute atomic E-state index is 2.57. The zero-order chi connectivity index (χ0) is 17.8. The molecule has 134 valence electrons. The third-order valence-corrected chi connectivity index (χ3v) is 5.39. The van der Waals surface area contributed by atoms with Gasteiger partial charge in [-0.15, -0.1) is 0 Å². The Balaban J connectivity index is 1.61. The standard InChI is InChI=1S/C24H28N2/c1-2-3-4-10-16-26-23-14-9-8-13-21(23)22-15-17-25(19-24(22)26)18-20-11-6-5-7-12-20/h5-9,11-15,17H,2-4,10,16,18-19H2,1H3. The van der Waals surface area contributed by atoms with E-state index in [1.54, 1.807) is 0 Å². The van der Waals surface area contributed by atoms with E-state index < -0.39 is 0 Å². The van der Waals surface area contributed by atoms with E-state index in [2.05, 4.69) is 83.3 Å². The third-order valence-electron chi connectivity index (χ3n) is 5.39. The largest absolute Gasteiger partial charge is 0.367 e. The first kappa shape index (κ1) is 17.0. The van der Waals surface area contributed by atoms with Crippen LogP contribution in [0.25, 0.3) is 17.0 Å². The van der Waals surface area contributed by atoms with Crippen molar-refractivity contribution in [2.45, 2.75) is 52.2 Å². The van der Waals surface area contributed by atoms with Gasteiger partial charge in [-0.3, -0.25) is 0 Å². The Morgan fingerprint density at radius 1 is 0.885 bits per heavy atom. The van der Waals surface area contributed by atoms with Crippen molar-refractivity contribution in [3.05, 3.63) is 77.6 Å². The molecule has 3 aromatic rings. The van der Waals surface area contributed by atoms with E-state index in [4.69, 9.17) is 0 Å². The summed E-state index contributed by atoms with van der Waals surface area (Å²) in [4.78, 5) is 2.43. The zero-order valence-electron chi connectivity index (χ0n) is 15.7. The lowest BCUT2D eigenvalue weighted by Gasteiger charge is -2.25. The molecule has 1 aliphatic rings. The average Bonchev–Trinajstić information content (AvgIpc) is 2.99. The highest BCUT2D eigenvalue weighted by Gasteiger charge is 2.20. The fourth-order valence-corrected chi connectivity index (χ4v) is 4.04. The average molecular weight is 345 g/mol. The molecule has 2 nitrogen and oxygen atoms in total. The molecule has 0 atom stereocenters. The van der Waals surface area contributed by atoms with Gasteiger partial charge in [0.2, 0.25) is 0 Å². The van der Waals surface area contributed by atoms with Crippen molar-refractivity contribution in [3.8, 4) is 0 Å². The molecule has 0 radical (unpaired) electrons. The Hall–Kier alpha value is -2.48. The fourth-order valence-electron chi connectivity index (χ4n) is 4.04. The molecule has 0 fully saturated rings. The molecule has 0 amide bonds. The van der Waals surface area contributed by atoms with E-state index in [-0.39, 0.29) is 0 Å². The first-order chi connectivity index (χ1) is 12.9. The lowest BCUT2D eigenvalue weighted by Crippen LogP contribution is -2.21. The molecule has 0 spiro atoms. The molecule has 0 unspecified atom stereocenters. The molecule has 4 rings (SSSR count). The van der Waals surface area contributed by atoms with Crippen LogP contribution in [0.5, 0.6) is 0 Å². The number of benzene rings is 2. The quantitative estimate of drug-likeness (QED) is 0.463. The van der Waals surface area contributed by atoms with E-state index in [9.17, 15) is 0 Å². The third kappa shape index (κ3) is 3.41. The minimum atomic E-state index is 0.966. The van der Waals surface area contributed by atoms with E-state index in [0.717, 1.165) is 19.6 Å². The van der Waals surface area contributed by atoms with Crippen molar-refractivity contribution in [3.63, 3.8) is 0 Å². The molecular weight excluding hydrogens is 316 g/mol. The van der Waals surface area contributed by atoms with Crippen LogP contribution < -0.4 is 0 Å². The Kier molecular flexibility index (Phi) is 5.10. The number of hydrogen-bond donors (Lipinski definition) is 0. The summed E-state index contributed by atoms with van der Waals surface area (Å²) in [5.74, 6) is 0. The molecule has 0 saturated heterocycles. The summed E-state index contributed by atoms with van der Waals surface area (Å²) in [6.07, 6.45) is 9.79. The fraction of sp³-hybridized carbons (Fsp3) is 0.333. The maximum Gasteiger partial charge on any atom is 0.0586 e. The number of unbranched alkanes of at least 4 members (excludes halogenated alkanes) is 3. The summed E-state index contributed by atoms with van der Waals surface area (Å²) >= 11 is 0. The number of aromatic nitrogens is 1. The molecule has 0 N–H and O–H groups in total. The Morgan fingerprint density at radius 2 is 1.69 bits per heavy atom. The molecule has 1 aliphatic heterocycles. The minimum absolute atomic E-state index is 0.966. The van der Waals surface area contributed by atoms with Gasteiger partial charge in [0.1, 0.15) is 0 Å². The van der Waals surface area contributed by atoms with Crippen LogP contribution >= 0.6 is 0 Å². The van der Waals surface area contributed by atoms with Crippen molar-refractivity contribution >= 4 is 17.0 Å². The number of aryl methyl sites for hydroxylation is 1. The summed E-state index contributed by atoms with van der Waals surface area (Å²) in [5, 5.41) is 1.40. The molecule has 0 aliphatic carbocycles. The van der Waals surface area contributed by atoms with Gasteiger partial charge in [0.25, 0.3) is 0 Å². The lowest BCUT2D eigenvalue weighted by atomic mass is 10.1. The van der Waals surface area contributed by atoms with Crippen molar-refractivity contribution in [2.75, 3.05) is 0 Å². The first-order valence-corrected chi connectivity index (χ1v) is 9.93. The van der Waals surface area contributed by atoms with Gasteiger partial charge >= 0.3 is 0 Å². The molecule has 0 bridgehead atoms. The van der Waals surface area contributed by atoms with E-state index in [1.165, 1.54) is 53.4 Å². The maximum atomic E-state index is 2.57. The van der Waals surface area contributed by atoms with Gasteiger partial charge in [-0.25, -0.2) is 0 Å². The number of nitrogens with zero attached hydrogens (tertiary/aromatic N) is 2. The summed E-state index contributed by atoms with van der Waals surface area (Å²) in [6.45, 7) is 5.36. The summed E-state index contributed by atoms with van der Waals surface area (Å²) < 4.78 is 2.57. The summed E-state index contributed by atoms with van der Waals surface area (Å²) in [5.41, 5.74) is 5.65. The highest BCUT2D eigenvalue weighted by atomic mass is 15.1. The van der Waals surface area contributed by atoms with Crippen LogP contribution in [-0.4, -0.2) is 9.47 Å². The summed E-state index contributed by atoms with van der Waals surface area (Å²) in [6, 6.07) is 19.6. The number of rotatable bonds is 7. The van der Waals surface area contributed by atoms with Gasteiger partial charge in [-0.2, -0.15) is 0 Å². The second-order valence-corrected chi connectivity index (χ2v) is 7.30. The van der Waals surface area contributed by atoms with Crippen molar-refractivity contribution in [1.29, 1.82) is 0 Å². The SMILES string of the molecule is CCCCCCn1c2c(c3ccccc31)C=CN(Cc1ccccc1)C2. The normalized spacial score (nSPS) is 13.3. The van der Waals surface area contributed by atoms with Crippen LogP contribution in [0.15, 0.2) is 60.8 Å². The molecule has 2 aromatic carbocycles. The molecule has 26 heavy (non-hydrogen) atoms. The zero-order valence-corrected chi connectivity index (χ0v) is 15.7. The summed E-state index contributed by atoms with van der Waals surface area (Å²) in [7, 11) is 0. The van der Waals surface area contributed by atoms with Gasteiger partial charge in [0.05, 0.1) is 6.54 Å². The smallest absolute Gasteiger partial charge is 0.0586 e. The predicted octanol–water partition coefficient (Wildman–Crippen LogP) is 6.21. The van der Waals surface area contributed by atoms with E-state index in [0.29, 0.717) is 0 Å². The predicted molar refractivity (Wildman–Crippen MR) is 111 cm³/mol. The van der Waals surface area contributed by atoms with Crippen LogP contribution in [0.4, 0.5) is 0 Å². The van der Waals surface area contributed by atoms with Crippen molar-refractivity contribution in [2.24, 2.45) is 0 Å². The molecule has 0 saturated carbocycles. The Labute approximate surface area is 156 Å². The van der Waals surface area contributed by atoms with Gasteiger partial charge in [-0.1, -0.05) is 74.7 Å². The first-order valence-electron chi connectivity index (χ1n) is 9.93. The van der Waals surface area contributed by atoms with Crippen LogP contribution in [0.2, 0.25) is 0 Å². The number of para-hydroxylation sites is 1. The minimum Gasteiger partial charge on any atom is -0.367 e. The van der Waals surface area contributed by atoms with Crippen LogP contribution in [0.3, 0.4) is 0 Å². The topological polar surface area (TPSA) is 8.17 Å². The van der Waals surface area contributed by atoms with Crippen LogP contribution in [-0.2, 0) is 19.6 Å². The van der Waals surface area contributed by atoms with Crippen molar-refractivity contribution in [1.82, 2.24) is 9.47 Å². The molecule has 1 aromatic heterocycles.